The highest BCUT2D eigenvalue weighted by Gasteiger charge is 2.25. The lowest BCUT2D eigenvalue weighted by molar-refractivity contribution is 0.257. The summed E-state index contributed by atoms with van der Waals surface area (Å²) in [5.41, 5.74) is 3.78. The van der Waals surface area contributed by atoms with Crippen LogP contribution in [0.1, 0.15) is 11.1 Å². The molecule has 2 heterocycles. The third kappa shape index (κ3) is 2.34. The molecule has 0 saturated carbocycles. The molecule has 0 atom stereocenters. The summed E-state index contributed by atoms with van der Waals surface area (Å²) < 4.78 is 0. The summed E-state index contributed by atoms with van der Waals surface area (Å²) in [7, 11) is 0. The topological polar surface area (TPSA) is 45.2 Å². The second-order valence-corrected chi connectivity index (χ2v) is 5.21. The van der Waals surface area contributed by atoms with Crippen molar-refractivity contribution in [1.29, 1.82) is 0 Å². The van der Waals surface area contributed by atoms with Gasteiger partial charge in [-0.05, 0) is 42.7 Å². The molecule has 0 saturated heterocycles. The predicted molar refractivity (Wildman–Crippen MR) is 80.5 cm³/mol. The van der Waals surface area contributed by atoms with Crippen LogP contribution in [-0.2, 0) is 6.42 Å². The van der Waals surface area contributed by atoms with Crippen molar-refractivity contribution >= 4 is 29.0 Å². The van der Waals surface area contributed by atoms with Crippen LogP contribution in [0.2, 0.25) is 5.02 Å². The summed E-state index contributed by atoms with van der Waals surface area (Å²) in [4.78, 5) is 18.0. The van der Waals surface area contributed by atoms with Crippen LogP contribution in [0.15, 0.2) is 36.7 Å². The molecule has 1 aliphatic rings. The molecule has 1 aromatic carbocycles. The van der Waals surface area contributed by atoms with E-state index in [2.05, 4.69) is 16.4 Å². The van der Waals surface area contributed by atoms with Gasteiger partial charge in [0.25, 0.3) is 0 Å². The molecule has 0 radical (unpaired) electrons. The summed E-state index contributed by atoms with van der Waals surface area (Å²) in [6, 6.07) is 7.35. The Hall–Kier alpha value is -2.07. The Balaban J connectivity index is 1.84. The van der Waals surface area contributed by atoms with Crippen LogP contribution >= 0.6 is 11.6 Å². The number of nitrogens with one attached hydrogen (secondary N) is 1. The maximum Gasteiger partial charge on any atom is 0.326 e. The third-order valence-electron chi connectivity index (χ3n) is 3.41. The second kappa shape index (κ2) is 5.13. The Kier molecular flexibility index (Phi) is 3.32. The number of carbonyl (C=O) groups excluding carboxylic acids is 1. The Morgan fingerprint density at radius 2 is 2.30 bits per heavy atom. The van der Waals surface area contributed by atoms with E-state index in [0.29, 0.717) is 17.3 Å². The zero-order valence-corrected chi connectivity index (χ0v) is 11.8. The average Bonchev–Trinajstić information content (AvgIpc) is 2.83. The van der Waals surface area contributed by atoms with E-state index in [9.17, 15) is 4.79 Å². The fourth-order valence-electron chi connectivity index (χ4n) is 2.37. The van der Waals surface area contributed by atoms with Crippen LogP contribution in [-0.4, -0.2) is 17.6 Å². The van der Waals surface area contributed by atoms with E-state index in [4.69, 9.17) is 11.6 Å². The molecule has 5 heteroatoms. The van der Waals surface area contributed by atoms with Crippen molar-refractivity contribution in [1.82, 2.24) is 4.98 Å². The lowest BCUT2D eigenvalue weighted by atomic mass is 10.1. The molecule has 0 aliphatic carbocycles. The van der Waals surface area contributed by atoms with E-state index in [1.807, 2.05) is 19.1 Å². The van der Waals surface area contributed by atoms with Crippen LogP contribution in [0.25, 0.3) is 0 Å². The van der Waals surface area contributed by atoms with Crippen molar-refractivity contribution in [3.63, 3.8) is 0 Å². The minimum Gasteiger partial charge on any atom is -0.306 e. The minimum atomic E-state index is -0.156. The standard InChI is InChI=1S/C15H14ClN3O/c1-10-7-11-4-6-19(14(11)8-13(10)16)15(20)18-12-3-2-5-17-9-12/h2-3,5,7-9H,4,6H2,1H3,(H,18,20). The van der Waals surface area contributed by atoms with Gasteiger partial charge in [0.2, 0.25) is 0 Å². The molecule has 3 rings (SSSR count). The van der Waals surface area contributed by atoms with E-state index >= 15 is 0 Å². The molecule has 2 amide bonds. The van der Waals surface area contributed by atoms with Gasteiger partial charge in [0.15, 0.2) is 0 Å². The number of hydrogen-bond acceptors (Lipinski definition) is 2. The first kappa shape index (κ1) is 12.9. The number of rotatable bonds is 1. The lowest BCUT2D eigenvalue weighted by Crippen LogP contribution is -2.33. The monoisotopic (exact) mass is 287 g/mol. The maximum absolute atomic E-state index is 12.3. The van der Waals surface area contributed by atoms with Crippen molar-refractivity contribution in [3.05, 3.63) is 52.8 Å². The number of amides is 2. The molecule has 20 heavy (non-hydrogen) atoms. The lowest BCUT2D eigenvalue weighted by Gasteiger charge is -2.18. The van der Waals surface area contributed by atoms with Crippen molar-refractivity contribution in [2.24, 2.45) is 0 Å². The molecule has 1 N–H and O–H groups in total. The first-order chi connectivity index (χ1) is 9.65. The molecular formula is C15H14ClN3O. The van der Waals surface area contributed by atoms with Gasteiger partial charge in [-0.3, -0.25) is 9.88 Å². The van der Waals surface area contributed by atoms with E-state index in [1.54, 1.807) is 23.4 Å². The molecule has 0 spiro atoms. The predicted octanol–water partition coefficient (Wildman–Crippen LogP) is 3.64. The first-order valence-electron chi connectivity index (χ1n) is 6.43. The van der Waals surface area contributed by atoms with Crippen molar-refractivity contribution in [2.45, 2.75) is 13.3 Å². The van der Waals surface area contributed by atoms with E-state index in [0.717, 1.165) is 23.2 Å². The number of benzene rings is 1. The highest BCUT2D eigenvalue weighted by Crippen LogP contribution is 2.33. The largest absolute Gasteiger partial charge is 0.326 e. The highest BCUT2D eigenvalue weighted by atomic mass is 35.5. The van der Waals surface area contributed by atoms with Crippen LogP contribution in [0.5, 0.6) is 0 Å². The number of hydrogen-bond donors (Lipinski definition) is 1. The van der Waals surface area contributed by atoms with Gasteiger partial charge in [-0.15, -0.1) is 0 Å². The Morgan fingerprint density at radius 1 is 1.45 bits per heavy atom. The average molecular weight is 288 g/mol. The smallest absolute Gasteiger partial charge is 0.306 e. The van der Waals surface area contributed by atoms with Gasteiger partial charge in [0.05, 0.1) is 17.6 Å². The molecule has 1 aromatic heterocycles. The molecule has 1 aliphatic heterocycles. The SMILES string of the molecule is Cc1cc2c(cc1Cl)N(C(=O)Nc1cccnc1)CC2. The summed E-state index contributed by atoms with van der Waals surface area (Å²) in [5, 5.41) is 3.53. The summed E-state index contributed by atoms with van der Waals surface area (Å²) >= 11 is 6.15. The number of urea groups is 1. The number of aryl methyl sites for hydroxylation is 1. The highest BCUT2D eigenvalue weighted by molar-refractivity contribution is 6.31. The third-order valence-corrected chi connectivity index (χ3v) is 3.82. The number of pyridine rings is 1. The Bertz CT molecular complexity index is 658. The van der Waals surface area contributed by atoms with Gasteiger partial charge in [-0.25, -0.2) is 4.79 Å². The number of fused-ring (bicyclic) bond motifs is 1. The number of anilines is 2. The van der Waals surface area contributed by atoms with Gasteiger partial charge in [0.1, 0.15) is 0 Å². The maximum atomic E-state index is 12.3. The fourth-order valence-corrected chi connectivity index (χ4v) is 2.53. The fraction of sp³-hybridized carbons (Fsp3) is 0.200. The minimum absolute atomic E-state index is 0.156. The van der Waals surface area contributed by atoms with Crippen molar-refractivity contribution in [2.75, 3.05) is 16.8 Å². The van der Waals surface area contributed by atoms with E-state index in [1.165, 1.54) is 0 Å². The molecule has 4 nitrogen and oxygen atoms in total. The second-order valence-electron chi connectivity index (χ2n) is 4.80. The molecule has 2 aromatic rings. The van der Waals surface area contributed by atoms with Gasteiger partial charge in [-0.2, -0.15) is 0 Å². The summed E-state index contributed by atoms with van der Waals surface area (Å²) in [5.74, 6) is 0. The number of halogens is 1. The van der Waals surface area contributed by atoms with Crippen molar-refractivity contribution < 1.29 is 4.79 Å². The normalized spacial score (nSPS) is 13.2. The molecule has 102 valence electrons. The van der Waals surface area contributed by atoms with Gasteiger partial charge >= 0.3 is 6.03 Å². The zero-order valence-electron chi connectivity index (χ0n) is 11.1. The quantitative estimate of drug-likeness (QED) is 0.870. The van der Waals surface area contributed by atoms with E-state index < -0.39 is 0 Å². The number of carbonyl (C=O) groups is 1. The number of aromatic nitrogens is 1. The Labute approximate surface area is 122 Å². The zero-order chi connectivity index (χ0) is 14.1. The Morgan fingerprint density at radius 3 is 3.05 bits per heavy atom. The van der Waals surface area contributed by atoms with E-state index in [-0.39, 0.29) is 6.03 Å². The van der Waals surface area contributed by atoms with Crippen LogP contribution in [0, 0.1) is 6.92 Å². The van der Waals surface area contributed by atoms with Crippen molar-refractivity contribution in [3.8, 4) is 0 Å². The molecular weight excluding hydrogens is 274 g/mol. The van der Waals surface area contributed by atoms with Gasteiger partial charge in [0, 0.05) is 17.8 Å². The molecule has 0 fully saturated rings. The molecule has 0 unspecified atom stereocenters. The van der Waals surface area contributed by atoms with Crippen LogP contribution in [0.3, 0.4) is 0 Å². The number of nitrogens with zero attached hydrogens (tertiary/aromatic N) is 2. The molecule has 0 bridgehead atoms. The summed E-state index contributed by atoms with van der Waals surface area (Å²) in [6.45, 7) is 2.64. The van der Waals surface area contributed by atoms with Gasteiger partial charge in [-0.1, -0.05) is 17.7 Å². The van der Waals surface area contributed by atoms with Crippen LogP contribution in [0.4, 0.5) is 16.2 Å². The summed E-state index contributed by atoms with van der Waals surface area (Å²) in [6.07, 6.45) is 4.15. The first-order valence-corrected chi connectivity index (χ1v) is 6.80. The van der Waals surface area contributed by atoms with Gasteiger partial charge < -0.3 is 5.32 Å². The van der Waals surface area contributed by atoms with Crippen LogP contribution < -0.4 is 10.2 Å².